The number of amides is 2. The first-order chi connectivity index (χ1) is 21.5. The molecule has 0 aromatic carbocycles. The van der Waals surface area contributed by atoms with Gasteiger partial charge in [-0.05, 0) is 87.9 Å². The standard InChI is InChI=1S/C37H58N2O7S/c1-11-14-34(17-18-34)47(44,45)38-30(43)35(20-24(35)12-2)22-27(40)26-21-37(33(9,10)36(37)15-13-16-36)23-39(26)29(42)25(31(3,4)5)19-28(41)46-32(6,7)8/h12,24-26H,2,11,13-23H2,1,3-10H3,(H,38,43)/t24-,25-,26+,35-,37-/m1/s1. The largest absolute Gasteiger partial charge is 0.460 e. The van der Waals surface area contributed by atoms with E-state index in [0.29, 0.717) is 45.1 Å². The van der Waals surface area contributed by atoms with E-state index >= 15 is 0 Å². The van der Waals surface area contributed by atoms with E-state index in [2.05, 4.69) is 25.1 Å². The lowest BCUT2D eigenvalue weighted by Gasteiger charge is -2.36. The molecule has 5 atom stereocenters. The quantitative estimate of drug-likeness (QED) is 0.196. The van der Waals surface area contributed by atoms with E-state index in [-0.39, 0.29) is 46.7 Å². The van der Waals surface area contributed by atoms with Gasteiger partial charge < -0.3 is 9.64 Å². The molecule has 4 saturated carbocycles. The van der Waals surface area contributed by atoms with Crippen LogP contribution in [0, 0.1) is 38.9 Å². The average molecular weight is 675 g/mol. The summed E-state index contributed by atoms with van der Waals surface area (Å²) in [6.45, 7) is 21.9. The third kappa shape index (κ3) is 5.60. The second kappa shape index (κ2) is 11.1. The normalized spacial score (nSPS) is 31.9. The first kappa shape index (κ1) is 36.1. The van der Waals surface area contributed by atoms with Gasteiger partial charge in [-0.2, -0.15) is 0 Å². The average Bonchev–Trinajstić information content (AvgIpc) is 3.83. The van der Waals surface area contributed by atoms with Gasteiger partial charge in [-0.25, -0.2) is 8.42 Å². The number of carbonyl (C=O) groups excluding carboxylic acids is 4. The number of hydrogen-bond donors (Lipinski definition) is 1. The van der Waals surface area contributed by atoms with Crippen LogP contribution >= 0.6 is 0 Å². The highest BCUT2D eigenvalue weighted by atomic mass is 32.2. The zero-order chi connectivity index (χ0) is 35.2. The number of ether oxygens (including phenoxy) is 1. The molecule has 0 unspecified atom stereocenters. The van der Waals surface area contributed by atoms with Crippen LogP contribution in [0.1, 0.15) is 133 Å². The van der Waals surface area contributed by atoms with E-state index in [1.54, 1.807) is 31.7 Å². The minimum atomic E-state index is -3.90. The van der Waals surface area contributed by atoms with Crippen molar-refractivity contribution in [1.82, 2.24) is 9.62 Å². The Morgan fingerprint density at radius 2 is 1.62 bits per heavy atom. The van der Waals surface area contributed by atoms with Crippen molar-refractivity contribution in [1.29, 1.82) is 0 Å². The summed E-state index contributed by atoms with van der Waals surface area (Å²) in [5.41, 5.74) is -2.69. The first-order valence-corrected chi connectivity index (χ1v) is 19.2. The molecule has 1 saturated heterocycles. The Morgan fingerprint density at radius 1 is 1.00 bits per heavy atom. The number of rotatable bonds is 12. The number of hydrogen-bond acceptors (Lipinski definition) is 7. The van der Waals surface area contributed by atoms with Crippen molar-refractivity contribution in [2.24, 2.45) is 38.9 Å². The van der Waals surface area contributed by atoms with E-state index in [0.717, 1.165) is 19.3 Å². The predicted octanol–water partition coefficient (Wildman–Crippen LogP) is 6.11. The van der Waals surface area contributed by atoms with Crippen molar-refractivity contribution in [3.63, 3.8) is 0 Å². The smallest absolute Gasteiger partial charge is 0.307 e. The minimum Gasteiger partial charge on any atom is -0.460 e. The molecule has 1 heterocycles. The van der Waals surface area contributed by atoms with Crippen molar-refractivity contribution in [3.05, 3.63) is 12.7 Å². The second-order valence-electron chi connectivity index (χ2n) is 18.3. The maximum atomic E-state index is 14.6. The number of carbonyl (C=O) groups is 4. The number of sulfonamides is 1. The lowest BCUT2D eigenvalue weighted by Crippen LogP contribution is -2.49. The van der Waals surface area contributed by atoms with Gasteiger partial charge in [0, 0.05) is 18.4 Å². The molecular formula is C37H58N2O7S. The Bertz CT molecular complexity index is 1460. The fraction of sp³-hybridized carbons (Fsp3) is 0.838. The lowest BCUT2D eigenvalue weighted by molar-refractivity contribution is -0.161. The van der Waals surface area contributed by atoms with Crippen LogP contribution in [0.5, 0.6) is 0 Å². The summed E-state index contributed by atoms with van der Waals surface area (Å²) in [7, 11) is -3.90. The summed E-state index contributed by atoms with van der Waals surface area (Å²) in [5, 5.41) is 0. The molecule has 2 amide bonds. The van der Waals surface area contributed by atoms with Gasteiger partial charge in [-0.15, -0.1) is 6.58 Å². The van der Waals surface area contributed by atoms with Crippen LogP contribution in [0.25, 0.3) is 0 Å². The maximum Gasteiger partial charge on any atom is 0.307 e. The molecule has 9 nitrogen and oxygen atoms in total. The summed E-state index contributed by atoms with van der Waals surface area (Å²) in [5.74, 6) is -2.58. The Hall–Kier alpha value is -2.23. The van der Waals surface area contributed by atoms with Crippen LogP contribution in [0.2, 0.25) is 0 Å². The predicted molar refractivity (Wildman–Crippen MR) is 180 cm³/mol. The summed E-state index contributed by atoms with van der Waals surface area (Å²) in [4.78, 5) is 57.8. The number of Topliss-reactive ketones (excluding diaryl/α,β-unsaturated/α-hetero) is 1. The van der Waals surface area contributed by atoms with Gasteiger partial charge in [0.25, 0.3) is 0 Å². The number of allylic oxidation sites excluding steroid dienone is 1. The molecule has 5 rings (SSSR count). The monoisotopic (exact) mass is 674 g/mol. The van der Waals surface area contributed by atoms with Crippen LogP contribution in [0.15, 0.2) is 12.7 Å². The van der Waals surface area contributed by atoms with Crippen molar-refractivity contribution < 1.29 is 32.3 Å². The molecule has 0 radical (unpaired) electrons. The number of fused-ring (bicyclic) bond motifs is 1. The summed E-state index contributed by atoms with van der Waals surface area (Å²) < 4.78 is 33.8. The van der Waals surface area contributed by atoms with E-state index in [1.807, 2.05) is 27.7 Å². The van der Waals surface area contributed by atoms with Crippen molar-refractivity contribution >= 4 is 33.6 Å². The van der Waals surface area contributed by atoms with Crippen LogP contribution in [0.3, 0.4) is 0 Å². The van der Waals surface area contributed by atoms with E-state index in [1.165, 1.54) is 0 Å². The molecular weight excluding hydrogens is 616 g/mol. The van der Waals surface area contributed by atoms with Gasteiger partial charge in [0.05, 0.1) is 28.5 Å². The van der Waals surface area contributed by atoms with Crippen LogP contribution in [0.4, 0.5) is 0 Å². The van der Waals surface area contributed by atoms with Gasteiger partial charge in [0.1, 0.15) is 5.60 Å². The molecule has 4 aliphatic carbocycles. The third-order valence-corrected chi connectivity index (χ3v) is 15.5. The first-order valence-electron chi connectivity index (χ1n) is 17.7. The summed E-state index contributed by atoms with van der Waals surface area (Å²) >= 11 is 0. The van der Waals surface area contributed by atoms with Crippen molar-refractivity contribution in [2.75, 3.05) is 6.54 Å². The molecule has 0 bridgehead atoms. The molecule has 10 heteroatoms. The molecule has 1 aliphatic heterocycles. The van der Waals surface area contributed by atoms with Gasteiger partial charge >= 0.3 is 5.97 Å². The molecule has 264 valence electrons. The number of nitrogens with zero attached hydrogens (tertiary/aromatic N) is 1. The van der Waals surface area contributed by atoms with Crippen molar-refractivity contribution in [3.8, 4) is 0 Å². The Labute approximate surface area is 282 Å². The van der Waals surface area contributed by atoms with E-state index in [4.69, 9.17) is 4.74 Å². The molecule has 47 heavy (non-hydrogen) atoms. The van der Waals surface area contributed by atoms with E-state index < -0.39 is 55.0 Å². The SMILES string of the molecule is C=C[C@@H]1C[C@]1(CC(=O)[C@@H]1C[C@@]2(CN1C(=O)[C@@H](CC(=O)OC(C)(C)C)C(C)(C)C)C(C)(C)C21CCC1)C(=O)NS(=O)(=O)C1(CCC)CC1. The van der Waals surface area contributed by atoms with Gasteiger partial charge in [0.15, 0.2) is 5.78 Å². The maximum absolute atomic E-state index is 14.6. The molecule has 5 fully saturated rings. The van der Waals surface area contributed by atoms with Crippen LogP contribution in [-0.2, 0) is 33.9 Å². The zero-order valence-corrected chi connectivity index (χ0v) is 31.0. The Kier molecular flexibility index (Phi) is 8.55. The number of ketones is 1. The minimum absolute atomic E-state index is 0.0571. The van der Waals surface area contributed by atoms with Gasteiger partial charge in [-0.3, -0.25) is 23.9 Å². The van der Waals surface area contributed by atoms with Gasteiger partial charge in [0.2, 0.25) is 21.8 Å². The molecule has 2 spiro atoms. The Morgan fingerprint density at radius 3 is 2.04 bits per heavy atom. The Balaban J connectivity index is 1.43. The fourth-order valence-corrected chi connectivity index (χ4v) is 11.6. The van der Waals surface area contributed by atoms with Crippen LogP contribution in [-0.4, -0.2) is 59.8 Å². The highest BCUT2D eigenvalue weighted by Crippen LogP contribution is 2.88. The lowest BCUT2D eigenvalue weighted by atomic mass is 9.73. The van der Waals surface area contributed by atoms with Crippen molar-refractivity contribution in [2.45, 2.75) is 149 Å². The molecule has 0 aromatic rings. The highest BCUT2D eigenvalue weighted by Gasteiger charge is 2.85. The summed E-state index contributed by atoms with van der Waals surface area (Å²) in [6, 6.07) is -0.757. The summed E-state index contributed by atoms with van der Waals surface area (Å²) in [6.07, 6.45) is 7.73. The second-order valence-corrected chi connectivity index (χ2v) is 20.3. The highest BCUT2D eigenvalue weighted by molar-refractivity contribution is 7.91. The topological polar surface area (TPSA) is 127 Å². The third-order valence-electron chi connectivity index (χ3n) is 13.3. The van der Waals surface area contributed by atoms with Crippen LogP contribution < -0.4 is 4.72 Å². The van der Waals surface area contributed by atoms with E-state index in [9.17, 15) is 27.6 Å². The van der Waals surface area contributed by atoms with Gasteiger partial charge in [-0.1, -0.05) is 60.5 Å². The molecule has 1 N–H and O–H groups in total. The fourth-order valence-electron chi connectivity index (χ4n) is 9.83. The number of nitrogens with one attached hydrogen (secondary N) is 1. The zero-order valence-electron chi connectivity index (χ0n) is 30.2. The molecule has 5 aliphatic rings. The molecule has 0 aromatic heterocycles. The number of esters is 1. The number of likely N-dealkylation sites (tertiary alicyclic amines) is 1.